The molecule has 0 saturated heterocycles. The van der Waals surface area contributed by atoms with Crippen LogP contribution in [-0.2, 0) is 22.7 Å². The van der Waals surface area contributed by atoms with Crippen molar-refractivity contribution in [3.63, 3.8) is 0 Å². The van der Waals surface area contributed by atoms with Gasteiger partial charge in [0.1, 0.15) is 10.8 Å². The summed E-state index contributed by atoms with van der Waals surface area (Å²) in [6, 6.07) is 11.4. The zero-order chi connectivity index (χ0) is 19.1. The highest BCUT2D eigenvalue weighted by atomic mass is 32.2. The van der Waals surface area contributed by atoms with Crippen LogP contribution in [0.25, 0.3) is 10.1 Å². The minimum Gasteiger partial charge on any atom is -0.257 e. The topological polar surface area (TPSA) is 37.4 Å². The molecule has 138 valence electrons. The van der Waals surface area contributed by atoms with Crippen molar-refractivity contribution >= 4 is 36.4 Å². The summed E-state index contributed by atoms with van der Waals surface area (Å²) >= 11 is 1.21. The first-order valence-corrected chi connectivity index (χ1v) is 10.0. The van der Waals surface area contributed by atoms with Crippen molar-refractivity contribution in [3.05, 3.63) is 65.5 Å². The van der Waals surface area contributed by atoms with Crippen LogP contribution < -0.4 is 4.31 Å². The number of anilines is 1. The third-order valence-electron chi connectivity index (χ3n) is 3.72. The van der Waals surface area contributed by atoms with E-state index in [1.54, 1.807) is 12.1 Å². The zero-order valence-corrected chi connectivity index (χ0v) is 15.1. The number of hydrogen-bond acceptors (Lipinski definition) is 3. The number of halogens is 4. The average molecular weight is 403 g/mol. The predicted molar refractivity (Wildman–Crippen MR) is 94.3 cm³/mol. The van der Waals surface area contributed by atoms with E-state index in [0.29, 0.717) is 17.1 Å². The molecule has 0 atom stereocenters. The molecule has 1 aromatic heterocycles. The van der Waals surface area contributed by atoms with E-state index in [9.17, 15) is 26.0 Å². The van der Waals surface area contributed by atoms with Crippen molar-refractivity contribution < 1.29 is 26.0 Å². The van der Waals surface area contributed by atoms with E-state index in [-0.39, 0.29) is 12.1 Å². The first kappa shape index (κ1) is 18.7. The van der Waals surface area contributed by atoms with Gasteiger partial charge in [-0.2, -0.15) is 13.2 Å². The molecule has 0 bridgehead atoms. The van der Waals surface area contributed by atoms with Crippen LogP contribution in [0.1, 0.15) is 11.1 Å². The molecule has 3 nitrogen and oxygen atoms in total. The maximum absolute atomic E-state index is 13.4. The average Bonchev–Trinajstić information content (AvgIpc) is 2.95. The number of fused-ring (bicyclic) bond motifs is 1. The maximum atomic E-state index is 13.4. The number of sulfonamides is 1. The van der Waals surface area contributed by atoms with Gasteiger partial charge in [0.05, 0.1) is 18.4 Å². The summed E-state index contributed by atoms with van der Waals surface area (Å²) in [5, 5.41) is 1.21. The summed E-state index contributed by atoms with van der Waals surface area (Å²) in [6.45, 7) is -0.324. The SMILES string of the molecule is CS(=O)(=O)N(Cc1ccc(F)c(C(F)(F)F)c1)c1cc2ccccc2s1. The largest absolute Gasteiger partial charge is 0.419 e. The minimum atomic E-state index is -4.85. The Labute approximate surface area is 151 Å². The Morgan fingerprint density at radius 3 is 2.38 bits per heavy atom. The van der Waals surface area contributed by atoms with Gasteiger partial charge in [-0.1, -0.05) is 24.3 Å². The quantitative estimate of drug-likeness (QED) is 0.574. The van der Waals surface area contributed by atoms with E-state index >= 15 is 0 Å². The van der Waals surface area contributed by atoms with Crippen molar-refractivity contribution in [3.8, 4) is 0 Å². The maximum Gasteiger partial charge on any atom is 0.419 e. The fraction of sp³-hybridized carbons (Fsp3) is 0.176. The predicted octanol–water partition coefficient (Wildman–Crippen LogP) is 5.03. The molecule has 0 amide bonds. The highest BCUT2D eigenvalue weighted by molar-refractivity contribution is 7.92. The number of rotatable bonds is 4. The van der Waals surface area contributed by atoms with Crippen LogP contribution in [0, 0.1) is 5.82 Å². The van der Waals surface area contributed by atoms with Gasteiger partial charge in [0.25, 0.3) is 0 Å². The van der Waals surface area contributed by atoms with E-state index in [4.69, 9.17) is 0 Å². The van der Waals surface area contributed by atoms with Crippen LogP contribution >= 0.6 is 11.3 Å². The van der Waals surface area contributed by atoms with Crippen LogP contribution in [0.4, 0.5) is 22.6 Å². The molecule has 0 radical (unpaired) electrons. The number of nitrogens with zero attached hydrogens (tertiary/aromatic N) is 1. The molecule has 26 heavy (non-hydrogen) atoms. The first-order valence-electron chi connectivity index (χ1n) is 7.37. The van der Waals surface area contributed by atoms with E-state index in [1.165, 1.54) is 11.3 Å². The Hall–Kier alpha value is -2.13. The third kappa shape index (κ3) is 3.83. The van der Waals surface area contributed by atoms with Gasteiger partial charge >= 0.3 is 6.18 Å². The number of thiophene rings is 1. The molecular weight excluding hydrogens is 390 g/mol. The van der Waals surface area contributed by atoms with Crippen LogP contribution in [0.2, 0.25) is 0 Å². The second-order valence-electron chi connectivity index (χ2n) is 5.70. The number of hydrogen-bond donors (Lipinski definition) is 0. The second kappa shape index (κ2) is 6.55. The van der Waals surface area contributed by atoms with Crippen molar-refractivity contribution in [2.24, 2.45) is 0 Å². The lowest BCUT2D eigenvalue weighted by Gasteiger charge is -2.21. The van der Waals surface area contributed by atoms with Gasteiger partial charge in [-0.15, -0.1) is 11.3 Å². The fourth-order valence-electron chi connectivity index (χ4n) is 2.50. The molecule has 0 fully saturated rings. The number of alkyl halides is 3. The second-order valence-corrected chi connectivity index (χ2v) is 8.67. The molecule has 3 rings (SSSR count). The molecule has 3 aromatic rings. The van der Waals surface area contributed by atoms with Gasteiger partial charge in [0.2, 0.25) is 10.0 Å². The molecule has 1 heterocycles. The van der Waals surface area contributed by atoms with Gasteiger partial charge in [-0.3, -0.25) is 4.31 Å². The molecule has 0 unspecified atom stereocenters. The molecule has 0 spiro atoms. The molecule has 0 saturated carbocycles. The molecular formula is C17H13F4NO2S2. The summed E-state index contributed by atoms with van der Waals surface area (Å²) in [5.41, 5.74) is -1.37. The summed E-state index contributed by atoms with van der Waals surface area (Å²) < 4.78 is 78.4. The summed E-state index contributed by atoms with van der Waals surface area (Å²) in [4.78, 5) is 0. The Morgan fingerprint density at radius 2 is 1.77 bits per heavy atom. The summed E-state index contributed by atoms with van der Waals surface area (Å²) in [7, 11) is -3.75. The Kier molecular flexibility index (Phi) is 4.70. The van der Waals surface area contributed by atoms with Crippen LogP contribution in [0.3, 0.4) is 0 Å². The zero-order valence-electron chi connectivity index (χ0n) is 13.4. The van der Waals surface area contributed by atoms with Crippen LogP contribution in [-0.4, -0.2) is 14.7 Å². The molecule has 0 aliphatic rings. The van der Waals surface area contributed by atoms with Crippen molar-refractivity contribution in [1.82, 2.24) is 0 Å². The standard InChI is InChI=1S/C17H13F4NO2S2/c1-26(23,24)22(16-9-12-4-2-3-5-15(12)25-16)10-11-6-7-14(18)13(8-11)17(19,20)21/h2-9H,10H2,1H3. The van der Waals surface area contributed by atoms with E-state index in [1.807, 2.05) is 18.2 Å². The van der Waals surface area contributed by atoms with Crippen molar-refractivity contribution in [1.29, 1.82) is 0 Å². The van der Waals surface area contributed by atoms with Gasteiger partial charge < -0.3 is 0 Å². The highest BCUT2D eigenvalue weighted by Crippen LogP contribution is 2.36. The van der Waals surface area contributed by atoms with Crippen LogP contribution in [0.5, 0.6) is 0 Å². The van der Waals surface area contributed by atoms with Gasteiger partial charge in [-0.25, -0.2) is 12.8 Å². The smallest absolute Gasteiger partial charge is 0.257 e. The van der Waals surface area contributed by atoms with Crippen molar-refractivity contribution in [2.75, 3.05) is 10.6 Å². The Morgan fingerprint density at radius 1 is 1.08 bits per heavy atom. The van der Waals surface area contributed by atoms with Gasteiger partial charge in [0, 0.05) is 4.70 Å². The lowest BCUT2D eigenvalue weighted by atomic mass is 10.1. The molecule has 0 aliphatic heterocycles. The monoisotopic (exact) mass is 403 g/mol. The van der Waals surface area contributed by atoms with Gasteiger partial charge in [0.15, 0.2) is 0 Å². The Balaban J connectivity index is 2.03. The lowest BCUT2D eigenvalue weighted by Crippen LogP contribution is -2.28. The third-order valence-corrected chi connectivity index (χ3v) is 6.10. The number of benzene rings is 2. The van der Waals surface area contributed by atoms with E-state index in [2.05, 4.69) is 0 Å². The first-order chi connectivity index (χ1) is 12.1. The molecule has 0 aliphatic carbocycles. The summed E-state index contributed by atoms with van der Waals surface area (Å²) in [6.07, 6.45) is -3.88. The summed E-state index contributed by atoms with van der Waals surface area (Å²) in [5.74, 6) is -1.39. The lowest BCUT2D eigenvalue weighted by molar-refractivity contribution is -0.140. The molecule has 0 N–H and O–H groups in total. The molecule has 2 aromatic carbocycles. The minimum absolute atomic E-state index is 0.0432. The van der Waals surface area contributed by atoms with Gasteiger partial charge in [-0.05, 0) is 35.2 Å². The Bertz CT molecular complexity index is 1030. The fourth-order valence-corrected chi connectivity index (χ4v) is 4.75. The van der Waals surface area contributed by atoms with E-state index in [0.717, 1.165) is 26.7 Å². The molecule has 9 heteroatoms. The van der Waals surface area contributed by atoms with Crippen molar-refractivity contribution in [2.45, 2.75) is 12.7 Å². The van der Waals surface area contributed by atoms with E-state index < -0.39 is 27.6 Å². The normalized spacial score (nSPS) is 12.5. The van der Waals surface area contributed by atoms with Crippen LogP contribution in [0.15, 0.2) is 48.5 Å². The highest BCUT2D eigenvalue weighted by Gasteiger charge is 2.34.